The second kappa shape index (κ2) is 6.86. The summed E-state index contributed by atoms with van der Waals surface area (Å²) in [5, 5.41) is 27.2. The lowest BCUT2D eigenvalue weighted by Gasteiger charge is -2.11. The number of aromatic nitrogens is 2. The molecule has 0 aliphatic rings. The highest BCUT2D eigenvalue weighted by Crippen LogP contribution is 2.24. The zero-order chi connectivity index (χ0) is 18.7. The highest BCUT2D eigenvalue weighted by Gasteiger charge is 2.21. The summed E-state index contributed by atoms with van der Waals surface area (Å²) in [7, 11) is 0. The number of nitro groups is 1. The molecule has 1 heterocycles. The van der Waals surface area contributed by atoms with E-state index in [2.05, 4.69) is 10.4 Å². The van der Waals surface area contributed by atoms with Gasteiger partial charge < -0.3 is 5.32 Å². The third kappa shape index (κ3) is 3.01. The number of nitrogens with zero attached hydrogens (tertiary/aromatic N) is 4. The summed E-state index contributed by atoms with van der Waals surface area (Å²) in [6.45, 7) is 1.51. The van der Waals surface area contributed by atoms with Crippen LogP contribution in [0.4, 0.5) is 11.5 Å². The summed E-state index contributed by atoms with van der Waals surface area (Å²) >= 11 is 0. The van der Waals surface area contributed by atoms with Crippen LogP contribution >= 0.6 is 0 Å². The molecule has 0 unspecified atom stereocenters. The molecule has 0 atom stereocenters. The van der Waals surface area contributed by atoms with Gasteiger partial charge in [-0.2, -0.15) is 10.4 Å². The van der Waals surface area contributed by atoms with Gasteiger partial charge in [0.15, 0.2) is 5.82 Å². The lowest BCUT2D eigenvalue weighted by atomic mass is 10.1. The van der Waals surface area contributed by atoms with Crippen molar-refractivity contribution in [2.75, 3.05) is 5.32 Å². The molecule has 128 valence electrons. The Morgan fingerprint density at radius 1 is 1.23 bits per heavy atom. The van der Waals surface area contributed by atoms with Crippen LogP contribution in [0.1, 0.15) is 21.5 Å². The van der Waals surface area contributed by atoms with E-state index in [1.54, 1.807) is 24.3 Å². The van der Waals surface area contributed by atoms with Crippen LogP contribution in [0.3, 0.4) is 0 Å². The van der Waals surface area contributed by atoms with Gasteiger partial charge >= 0.3 is 0 Å². The second-order valence-corrected chi connectivity index (χ2v) is 5.43. The number of carbonyl (C=O) groups is 1. The molecular weight excluding hydrogens is 334 g/mol. The first kappa shape index (κ1) is 16.9. The van der Waals surface area contributed by atoms with Gasteiger partial charge in [-0.25, -0.2) is 4.68 Å². The fraction of sp³-hybridized carbons (Fsp3) is 0.0556. The van der Waals surface area contributed by atoms with Crippen molar-refractivity contribution in [3.05, 3.63) is 81.5 Å². The number of anilines is 1. The Morgan fingerprint density at radius 3 is 2.62 bits per heavy atom. The normalized spacial score (nSPS) is 10.2. The van der Waals surface area contributed by atoms with Crippen LogP contribution in [0, 0.1) is 28.4 Å². The van der Waals surface area contributed by atoms with Crippen molar-refractivity contribution in [3.63, 3.8) is 0 Å². The number of nitrogens with one attached hydrogen (secondary N) is 1. The molecule has 0 fully saturated rings. The van der Waals surface area contributed by atoms with E-state index in [0.29, 0.717) is 5.69 Å². The number of amides is 1. The van der Waals surface area contributed by atoms with Gasteiger partial charge in [0.25, 0.3) is 11.6 Å². The van der Waals surface area contributed by atoms with Crippen LogP contribution in [0.15, 0.2) is 54.7 Å². The third-order valence-electron chi connectivity index (χ3n) is 3.87. The van der Waals surface area contributed by atoms with E-state index in [-0.39, 0.29) is 28.2 Å². The smallest absolute Gasteiger partial charge is 0.273 e. The summed E-state index contributed by atoms with van der Waals surface area (Å²) in [5.41, 5.74) is 1.11. The van der Waals surface area contributed by atoms with Crippen molar-refractivity contribution >= 4 is 17.4 Å². The first-order valence-electron chi connectivity index (χ1n) is 7.62. The van der Waals surface area contributed by atoms with E-state index in [1.165, 1.54) is 36.0 Å². The number of benzene rings is 2. The van der Waals surface area contributed by atoms with Gasteiger partial charge in [0.2, 0.25) is 0 Å². The van der Waals surface area contributed by atoms with E-state index < -0.39 is 10.8 Å². The van der Waals surface area contributed by atoms with Gasteiger partial charge in [0.05, 0.1) is 16.8 Å². The maximum absolute atomic E-state index is 12.7. The summed E-state index contributed by atoms with van der Waals surface area (Å²) in [6.07, 6.45) is 1.35. The van der Waals surface area contributed by atoms with Crippen LogP contribution in [-0.2, 0) is 0 Å². The minimum absolute atomic E-state index is 0.144. The number of hydrogen-bond acceptors (Lipinski definition) is 5. The maximum atomic E-state index is 12.7. The average molecular weight is 347 g/mol. The summed E-state index contributed by atoms with van der Waals surface area (Å²) in [5.74, 6) is -0.352. The van der Waals surface area contributed by atoms with Crippen molar-refractivity contribution < 1.29 is 9.72 Å². The van der Waals surface area contributed by atoms with Gasteiger partial charge in [-0.05, 0) is 25.1 Å². The third-order valence-corrected chi connectivity index (χ3v) is 3.87. The molecule has 0 spiro atoms. The molecule has 8 nitrogen and oxygen atoms in total. The van der Waals surface area contributed by atoms with Crippen LogP contribution in [0.2, 0.25) is 0 Å². The van der Waals surface area contributed by atoms with E-state index in [4.69, 9.17) is 0 Å². The molecule has 0 radical (unpaired) electrons. The molecule has 0 bridgehead atoms. The molecular formula is C18H13N5O3. The molecule has 3 rings (SSSR count). The number of carbonyl (C=O) groups excluding carboxylic acids is 1. The molecule has 0 saturated heterocycles. The topological polar surface area (TPSA) is 114 Å². The molecule has 1 amide bonds. The Hall–Kier alpha value is -3.99. The minimum atomic E-state index is -0.555. The predicted molar refractivity (Wildman–Crippen MR) is 94.1 cm³/mol. The lowest BCUT2D eigenvalue weighted by molar-refractivity contribution is -0.385. The minimum Gasteiger partial charge on any atom is -0.305 e. The first-order chi connectivity index (χ1) is 12.5. The van der Waals surface area contributed by atoms with Gasteiger partial charge in [-0.15, -0.1) is 0 Å². The van der Waals surface area contributed by atoms with Gasteiger partial charge in [-0.1, -0.05) is 24.3 Å². The zero-order valence-corrected chi connectivity index (χ0v) is 13.7. The Labute approximate surface area is 148 Å². The monoisotopic (exact) mass is 347 g/mol. The molecule has 0 saturated carbocycles. The number of hydrogen-bond donors (Lipinski definition) is 1. The van der Waals surface area contributed by atoms with E-state index in [0.717, 1.165) is 0 Å². The molecule has 0 aliphatic heterocycles. The highest BCUT2D eigenvalue weighted by atomic mass is 16.6. The van der Waals surface area contributed by atoms with Gasteiger partial charge in [0, 0.05) is 17.2 Å². The highest BCUT2D eigenvalue weighted by molar-refractivity contribution is 6.06. The largest absolute Gasteiger partial charge is 0.305 e. The van der Waals surface area contributed by atoms with Crippen molar-refractivity contribution in [2.24, 2.45) is 0 Å². The van der Waals surface area contributed by atoms with E-state index >= 15 is 0 Å². The van der Waals surface area contributed by atoms with Crippen molar-refractivity contribution in [2.45, 2.75) is 6.92 Å². The summed E-state index contributed by atoms with van der Waals surface area (Å²) in [6, 6.07) is 15.3. The number of para-hydroxylation sites is 1. The molecule has 26 heavy (non-hydrogen) atoms. The maximum Gasteiger partial charge on any atom is 0.273 e. The van der Waals surface area contributed by atoms with Crippen LogP contribution < -0.4 is 5.32 Å². The Bertz CT molecular complexity index is 1030. The summed E-state index contributed by atoms with van der Waals surface area (Å²) < 4.78 is 1.43. The SMILES string of the molecule is Cc1c(C(=O)Nc2c(C#N)cnn2-c2ccccc2)cccc1[N+](=O)[O-]. The van der Waals surface area contributed by atoms with Crippen LogP contribution in [0.25, 0.3) is 5.69 Å². The van der Waals surface area contributed by atoms with E-state index in [1.807, 2.05) is 12.1 Å². The molecule has 1 aromatic heterocycles. The van der Waals surface area contributed by atoms with Crippen molar-refractivity contribution in [1.82, 2.24) is 9.78 Å². The van der Waals surface area contributed by atoms with Gasteiger partial charge in [0.1, 0.15) is 11.6 Å². The van der Waals surface area contributed by atoms with Gasteiger partial charge in [-0.3, -0.25) is 14.9 Å². The van der Waals surface area contributed by atoms with E-state index in [9.17, 15) is 20.2 Å². The quantitative estimate of drug-likeness (QED) is 0.575. The first-order valence-corrected chi connectivity index (χ1v) is 7.62. The Morgan fingerprint density at radius 2 is 1.96 bits per heavy atom. The lowest BCUT2D eigenvalue weighted by Crippen LogP contribution is -2.17. The van der Waals surface area contributed by atoms with Crippen LogP contribution in [0.5, 0.6) is 0 Å². The fourth-order valence-corrected chi connectivity index (χ4v) is 2.56. The number of nitriles is 1. The fourth-order valence-electron chi connectivity index (χ4n) is 2.56. The number of rotatable bonds is 4. The predicted octanol–water partition coefficient (Wildman–Crippen LogP) is 3.21. The average Bonchev–Trinajstić information content (AvgIpc) is 3.04. The number of nitro benzene ring substituents is 1. The molecule has 0 aliphatic carbocycles. The molecule has 1 N–H and O–H groups in total. The Balaban J connectivity index is 2.01. The van der Waals surface area contributed by atoms with Crippen molar-refractivity contribution in [3.8, 4) is 11.8 Å². The van der Waals surface area contributed by atoms with Crippen molar-refractivity contribution in [1.29, 1.82) is 5.26 Å². The molecule has 3 aromatic rings. The molecule has 2 aromatic carbocycles. The standard InChI is InChI=1S/C18H13N5O3/c1-12-15(8-5-9-16(12)23(25)26)18(24)21-17-13(10-19)11-20-22(17)14-6-3-2-4-7-14/h2-9,11H,1H3,(H,21,24). The van der Waals surface area contributed by atoms with Crippen LogP contribution in [-0.4, -0.2) is 20.6 Å². The second-order valence-electron chi connectivity index (χ2n) is 5.43. The zero-order valence-electron chi connectivity index (χ0n) is 13.7. The Kier molecular flexibility index (Phi) is 4.45. The summed E-state index contributed by atoms with van der Waals surface area (Å²) in [4.78, 5) is 23.2. The molecule has 8 heteroatoms.